The van der Waals surface area contributed by atoms with Gasteiger partial charge in [0.15, 0.2) is 0 Å². The summed E-state index contributed by atoms with van der Waals surface area (Å²) in [5.74, 6) is -0.689. The molecule has 0 saturated carbocycles. The van der Waals surface area contributed by atoms with Crippen LogP contribution in [0.15, 0.2) is 24.3 Å². The molecule has 0 unspecified atom stereocenters. The number of hydrogen-bond acceptors (Lipinski definition) is 3. The van der Waals surface area contributed by atoms with Gasteiger partial charge in [0.2, 0.25) is 0 Å². The molecule has 0 aliphatic heterocycles. The quantitative estimate of drug-likeness (QED) is 0.751. The van der Waals surface area contributed by atoms with Crippen molar-refractivity contribution in [1.29, 1.82) is 0 Å². The number of hydrogen-bond donors (Lipinski definition) is 2. The van der Waals surface area contributed by atoms with Crippen LogP contribution < -0.4 is 10.1 Å². The minimum absolute atomic E-state index is 0.0996. The average Bonchev–Trinajstić information content (AvgIpc) is 2.32. The van der Waals surface area contributed by atoms with Crippen LogP contribution in [0.25, 0.3) is 0 Å². The monoisotopic (exact) mass is 277 g/mol. The standard InChI is InChI=1S/C12H14F3NO3/c13-12(14,15)4-5-16-6-7-19-10-3-1-2-9(8-10)11(17)18/h1-3,8,16H,4-7H2,(H,17,18). The Morgan fingerprint density at radius 3 is 2.68 bits per heavy atom. The first-order valence-corrected chi connectivity index (χ1v) is 5.62. The van der Waals surface area contributed by atoms with Gasteiger partial charge in [-0.3, -0.25) is 0 Å². The first kappa shape index (κ1) is 15.3. The lowest BCUT2D eigenvalue weighted by molar-refractivity contribution is -0.133. The largest absolute Gasteiger partial charge is 0.492 e. The smallest absolute Gasteiger partial charge is 0.390 e. The van der Waals surface area contributed by atoms with E-state index in [4.69, 9.17) is 9.84 Å². The Kier molecular flexibility index (Phi) is 5.62. The van der Waals surface area contributed by atoms with Crippen molar-refractivity contribution in [2.45, 2.75) is 12.6 Å². The van der Waals surface area contributed by atoms with Gasteiger partial charge in [-0.05, 0) is 18.2 Å². The van der Waals surface area contributed by atoms with E-state index in [-0.39, 0.29) is 25.3 Å². The van der Waals surface area contributed by atoms with E-state index in [1.165, 1.54) is 18.2 Å². The van der Waals surface area contributed by atoms with E-state index in [0.29, 0.717) is 5.75 Å². The summed E-state index contributed by atoms with van der Waals surface area (Å²) >= 11 is 0. The Bertz CT molecular complexity index is 421. The predicted molar refractivity (Wildman–Crippen MR) is 62.4 cm³/mol. The van der Waals surface area contributed by atoms with Gasteiger partial charge >= 0.3 is 12.1 Å². The molecule has 19 heavy (non-hydrogen) atoms. The molecule has 0 amide bonds. The highest BCUT2D eigenvalue weighted by atomic mass is 19.4. The SMILES string of the molecule is O=C(O)c1cccc(OCCNCCC(F)(F)F)c1. The van der Waals surface area contributed by atoms with Crippen LogP contribution in [0.3, 0.4) is 0 Å². The second-order valence-corrected chi connectivity index (χ2v) is 3.80. The maximum absolute atomic E-state index is 11.8. The van der Waals surface area contributed by atoms with E-state index in [1.807, 2.05) is 0 Å². The van der Waals surface area contributed by atoms with Crippen molar-refractivity contribution >= 4 is 5.97 Å². The number of rotatable bonds is 7. The summed E-state index contributed by atoms with van der Waals surface area (Å²) in [4.78, 5) is 10.7. The highest BCUT2D eigenvalue weighted by Crippen LogP contribution is 2.18. The second-order valence-electron chi connectivity index (χ2n) is 3.80. The van der Waals surface area contributed by atoms with Crippen molar-refractivity contribution < 1.29 is 27.8 Å². The summed E-state index contributed by atoms with van der Waals surface area (Å²) in [7, 11) is 0. The van der Waals surface area contributed by atoms with Crippen LogP contribution in [0.4, 0.5) is 13.2 Å². The highest BCUT2D eigenvalue weighted by Gasteiger charge is 2.25. The summed E-state index contributed by atoms with van der Waals surface area (Å²) in [5, 5.41) is 11.3. The Morgan fingerprint density at radius 2 is 2.05 bits per heavy atom. The number of carboxylic acid groups (broad SMARTS) is 1. The Labute approximate surface area is 108 Å². The van der Waals surface area contributed by atoms with Gasteiger partial charge in [-0.2, -0.15) is 13.2 Å². The topological polar surface area (TPSA) is 58.6 Å². The fraction of sp³-hybridized carbons (Fsp3) is 0.417. The molecule has 0 aliphatic rings. The van der Waals surface area contributed by atoms with Crippen molar-refractivity contribution in [2.24, 2.45) is 0 Å². The Hall–Kier alpha value is -1.76. The van der Waals surface area contributed by atoms with E-state index >= 15 is 0 Å². The minimum Gasteiger partial charge on any atom is -0.492 e. The van der Waals surface area contributed by atoms with E-state index in [9.17, 15) is 18.0 Å². The maximum atomic E-state index is 11.8. The highest BCUT2D eigenvalue weighted by molar-refractivity contribution is 5.87. The van der Waals surface area contributed by atoms with E-state index in [1.54, 1.807) is 6.07 Å². The minimum atomic E-state index is -4.16. The van der Waals surface area contributed by atoms with Crippen molar-refractivity contribution in [3.63, 3.8) is 0 Å². The number of carbonyl (C=O) groups is 1. The molecule has 0 heterocycles. The molecule has 0 fully saturated rings. The molecule has 0 bridgehead atoms. The zero-order chi connectivity index (χ0) is 14.3. The summed E-state index contributed by atoms with van der Waals surface area (Å²) in [6.45, 7) is 0.260. The molecule has 7 heteroatoms. The van der Waals surface area contributed by atoms with Gasteiger partial charge in [-0.25, -0.2) is 4.79 Å². The van der Waals surface area contributed by atoms with Gasteiger partial charge in [0.25, 0.3) is 0 Å². The third-order valence-corrected chi connectivity index (χ3v) is 2.21. The first-order chi connectivity index (χ1) is 8.88. The molecular weight excluding hydrogens is 263 g/mol. The lowest BCUT2D eigenvalue weighted by Gasteiger charge is -2.09. The fourth-order valence-electron chi connectivity index (χ4n) is 1.32. The van der Waals surface area contributed by atoms with Crippen LogP contribution in [-0.2, 0) is 0 Å². The van der Waals surface area contributed by atoms with Gasteiger partial charge in [0.1, 0.15) is 12.4 Å². The van der Waals surface area contributed by atoms with Gasteiger partial charge in [-0.15, -0.1) is 0 Å². The lowest BCUT2D eigenvalue weighted by Crippen LogP contribution is -2.25. The van der Waals surface area contributed by atoms with Gasteiger partial charge in [0.05, 0.1) is 12.0 Å². The molecule has 0 aromatic heterocycles. The Balaban J connectivity index is 2.23. The summed E-state index contributed by atoms with van der Waals surface area (Å²) in [5.41, 5.74) is 0.0996. The summed E-state index contributed by atoms with van der Waals surface area (Å²) < 4.78 is 40.7. The van der Waals surface area contributed by atoms with E-state index in [2.05, 4.69) is 5.32 Å². The molecule has 0 spiro atoms. The van der Waals surface area contributed by atoms with Gasteiger partial charge in [-0.1, -0.05) is 6.07 Å². The molecule has 0 saturated heterocycles. The van der Waals surface area contributed by atoms with Crippen molar-refractivity contribution in [3.05, 3.63) is 29.8 Å². The van der Waals surface area contributed by atoms with Crippen LogP contribution in [0.1, 0.15) is 16.8 Å². The van der Waals surface area contributed by atoms with Gasteiger partial charge in [0, 0.05) is 13.1 Å². The third-order valence-electron chi connectivity index (χ3n) is 2.21. The molecule has 0 atom stereocenters. The van der Waals surface area contributed by atoms with Crippen molar-refractivity contribution in [3.8, 4) is 5.75 Å². The van der Waals surface area contributed by atoms with Crippen LogP contribution in [0.5, 0.6) is 5.75 Å². The van der Waals surface area contributed by atoms with Crippen LogP contribution in [0.2, 0.25) is 0 Å². The average molecular weight is 277 g/mol. The summed E-state index contributed by atoms with van der Waals surface area (Å²) in [6, 6.07) is 5.91. The van der Waals surface area contributed by atoms with Gasteiger partial charge < -0.3 is 15.2 Å². The molecule has 2 N–H and O–H groups in total. The number of alkyl halides is 3. The molecule has 0 aliphatic carbocycles. The fourth-order valence-corrected chi connectivity index (χ4v) is 1.32. The lowest BCUT2D eigenvalue weighted by atomic mass is 10.2. The molecule has 106 valence electrons. The summed E-state index contributed by atoms with van der Waals surface area (Å²) in [6.07, 6.45) is -5.05. The maximum Gasteiger partial charge on any atom is 0.390 e. The molecular formula is C12H14F3NO3. The molecule has 1 aromatic carbocycles. The molecule has 1 rings (SSSR count). The zero-order valence-corrected chi connectivity index (χ0v) is 10.0. The molecule has 0 radical (unpaired) electrons. The second kappa shape index (κ2) is 6.98. The number of nitrogens with one attached hydrogen (secondary N) is 1. The van der Waals surface area contributed by atoms with E-state index in [0.717, 1.165) is 0 Å². The normalized spacial score (nSPS) is 11.3. The number of ether oxygens (including phenoxy) is 1. The predicted octanol–water partition coefficient (Wildman–Crippen LogP) is 2.31. The molecule has 4 nitrogen and oxygen atoms in total. The number of carboxylic acids is 1. The third kappa shape index (κ3) is 6.66. The van der Waals surface area contributed by atoms with Crippen LogP contribution in [0, 0.1) is 0 Å². The number of aromatic carboxylic acids is 1. The Morgan fingerprint density at radius 1 is 1.32 bits per heavy atom. The number of benzene rings is 1. The van der Waals surface area contributed by atoms with Crippen LogP contribution >= 0.6 is 0 Å². The van der Waals surface area contributed by atoms with E-state index < -0.39 is 18.6 Å². The van der Waals surface area contributed by atoms with Crippen molar-refractivity contribution in [1.82, 2.24) is 5.32 Å². The zero-order valence-electron chi connectivity index (χ0n) is 10.0. The van der Waals surface area contributed by atoms with Crippen molar-refractivity contribution in [2.75, 3.05) is 19.7 Å². The first-order valence-electron chi connectivity index (χ1n) is 5.62. The number of halogens is 3. The van der Waals surface area contributed by atoms with Crippen LogP contribution in [-0.4, -0.2) is 36.9 Å². The molecule has 1 aromatic rings.